The van der Waals surface area contributed by atoms with Crippen molar-refractivity contribution in [1.29, 1.82) is 0 Å². The van der Waals surface area contributed by atoms with E-state index in [1.165, 1.54) is 37.4 Å². The van der Waals surface area contributed by atoms with Gasteiger partial charge >= 0.3 is 0 Å². The second kappa shape index (κ2) is 9.09. The Labute approximate surface area is 153 Å². The SMILES string of the molecule is O=C(CCN1CCC(N2CCSCC2)CC1)Nc1ccccc1Cl. The predicted molar refractivity (Wildman–Crippen MR) is 103 cm³/mol. The van der Waals surface area contributed by atoms with Gasteiger partial charge in [-0.25, -0.2) is 0 Å². The van der Waals surface area contributed by atoms with Crippen LogP contribution in [-0.4, -0.2) is 66.0 Å². The van der Waals surface area contributed by atoms with Gasteiger partial charge in [-0.3, -0.25) is 9.69 Å². The fraction of sp³-hybridized carbons (Fsp3) is 0.611. The molecule has 0 aromatic heterocycles. The molecule has 1 amide bonds. The van der Waals surface area contributed by atoms with Gasteiger partial charge in [0.1, 0.15) is 0 Å². The van der Waals surface area contributed by atoms with Gasteiger partial charge in [0.2, 0.25) is 5.91 Å². The lowest BCUT2D eigenvalue weighted by Crippen LogP contribution is -2.48. The average Bonchev–Trinajstić information content (AvgIpc) is 2.63. The predicted octanol–water partition coefficient (Wildman–Crippen LogP) is 3.18. The van der Waals surface area contributed by atoms with Crippen LogP contribution in [0.15, 0.2) is 24.3 Å². The van der Waals surface area contributed by atoms with Crippen molar-refractivity contribution in [3.8, 4) is 0 Å². The number of hydrogen-bond donors (Lipinski definition) is 1. The van der Waals surface area contributed by atoms with E-state index >= 15 is 0 Å². The molecule has 0 bridgehead atoms. The van der Waals surface area contributed by atoms with Crippen LogP contribution in [0.1, 0.15) is 19.3 Å². The van der Waals surface area contributed by atoms with Crippen LogP contribution in [0, 0.1) is 0 Å². The Kier molecular flexibility index (Phi) is 6.84. The first-order valence-corrected chi connectivity index (χ1v) is 10.3. The van der Waals surface area contributed by atoms with Crippen LogP contribution in [0.25, 0.3) is 0 Å². The topological polar surface area (TPSA) is 35.6 Å². The molecule has 1 N–H and O–H groups in total. The number of hydrogen-bond acceptors (Lipinski definition) is 4. The van der Waals surface area contributed by atoms with Crippen molar-refractivity contribution < 1.29 is 4.79 Å². The smallest absolute Gasteiger partial charge is 0.225 e. The molecule has 0 unspecified atom stereocenters. The largest absolute Gasteiger partial charge is 0.325 e. The van der Waals surface area contributed by atoms with Gasteiger partial charge in [0.25, 0.3) is 0 Å². The van der Waals surface area contributed by atoms with Crippen LogP contribution >= 0.6 is 23.4 Å². The molecule has 2 saturated heterocycles. The zero-order valence-electron chi connectivity index (χ0n) is 14.0. The van der Waals surface area contributed by atoms with Gasteiger partial charge in [-0.05, 0) is 38.1 Å². The number of amides is 1. The number of likely N-dealkylation sites (tertiary alicyclic amines) is 1. The second-order valence-corrected chi connectivity index (χ2v) is 8.13. The van der Waals surface area contributed by atoms with E-state index in [4.69, 9.17) is 11.6 Å². The van der Waals surface area contributed by atoms with E-state index in [1.807, 2.05) is 18.2 Å². The number of carbonyl (C=O) groups excluding carboxylic acids is 1. The zero-order valence-corrected chi connectivity index (χ0v) is 15.6. The van der Waals surface area contributed by atoms with Gasteiger partial charge < -0.3 is 10.2 Å². The van der Waals surface area contributed by atoms with E-state index in [1.54, 1.807) is 6.07 Å². The molecule has 6 heteroatoms. The van der Waals surface area contributed by atoms with Gasteiger partial charge in [-0.2, -0.15) is 11.8 Å². The summed E-state index contributed by atoms with van der Waals surface area (Å²) in [6.45, 7) is 5.53. The number of para-hydroxylation sites is 1. The van der Waals surface area contributed by atoms with Crippen LogP contribution in [0.2, 0.25) is 5.02 Å². The minimum Gasteiger partial charge on any atom is -0.325 e. The second-order valence-electron chi connectivity index (χ2n) is 6.50. The maximum Gasteiger partial charge on any atom is 0.225 e. The third kappa shape index (κ3) is 5.12. The first-order chi connectivity index (χ1) is 11.7. The number of nitrogens with one attached hydrogen (secondary N) is 1. The Hall–Kier alpha value is -0.750. The third-order valence-corrected chi connectivity index (χ3v) is 6.19. The fourth-order valence-electron chi connectivity index (χ4n) is 3.49. The number of carbonyl (C=O) groups is 1. The van der Waals surface area contributed by atoms with E-state index in [0.717, 1.165) is 25.7 Å². The maximum atomic E-state index is 12.1. The highest BCUT2D eigenvalue weighted by Crippen LogP contribution is 2.22. The number of piperidine rings is 1. The Morgan fingerprint density at radius 2 is 1.88 bits per heavy atom. The molecule has 0 atom stereocenters. The average molecular weight is 368 g/mol. The molecule has 2 aliphatic heterocycles. The van der Waals surface area contributed by atoms with Crippen molar-refractivity contribution in [1.82, 2.24) is 9.80 Å². The lowest BCUT2D eigenvalue weighted by molar-refractivity contribution is -0.116. The van der Waals surface area contributed by atoms with Crippen molar-refractivity contribution in [3.05, 3.63) is 29.3 Å². The van der Waals surface area contributed by atoms with E-state index < -0.39 is 0 Å². The summed E-state index contributed by atoms with van der Waals surface area (Å²) >= 11 is 8.15. The third-order valence-electron chi connectivity index (χ3n) is 4.92. The van der Waals surface area contributed by atoms with Gasteiger partial charge in [0.05, 0.1) is 10.7 Å². The van der Waals surface area contributed by atoms with Crippen LogP contribution < -0.4 is 5.32 Å². The quantitative estimate of drug-likeness (QED) is 0.867. The summed E-state index contributed by atoms with van der Waals surface area (Å²) in [6, 6.07) is 8.12. The van der Waals surface area contributed by atoms with Crippen molar-refractivity contribution in [2.75, 3.05) is 49.5 Å². The van der Waals surface area contributed by atoms with Gasteiger partial charge in [-0.15, -0.1) is 0 Å². The van der Waals surface area contributed by atoms with Crippen molar-refractivity contribution in [2.45, 2.75) is 25.3 Å². The molecule has 0 spiro atoms. The lowest BCUT2D eigenvalue weighted by Gasteiger charge is -2.40. The molecule has 0 radical (unpaired) electrons. The fourth-order valence-corrected chi connectivity index (χ4v) is 4.60. The molecule has 0 aliphatic carbocycles. The van der Waals surface area contributed by atoms with Crippen molar-refractivity contribution >= 4 is 35.0 Å². The Morgan fingerprint density at radius 1 is 1.17 bits per heavy atom. The van der Waals surface area contributed by atoms with Crippen LogP contribution in [0.4, 0.5) is 5.69 Å². The highest BCUT2D eigenvalue weighted by atomic mass is 35.5. The number of halogens is 1. The van der Waals surface area contributed by atoms with Gasteiger partial charge in [0, 0.05) is 43.6 Å². The summed E-state index contributed by atoms with van der Waals surface area (Å²) in [5.74, 6) is 2.60. The summed E-state index contributed by atoms with van der Waals surface area (Å²) in [6.07, 6.45) is 2.99. The number of nitrogens with zero attached hydrogens (tertiary/aromatic N) is 2. The summed E-state index contributed by atoms with van der Waals surface area (Å²) in [5.41, 5.74) is 0.700. The molecule has 24 heavy (non-hydrogen) atoms. The summed E-state index contributed by atoms with van der Waals surface area (Å²) < 4.78 is 0. The number of benzene rings is 1. The van der Waals surface area contributed by atoms with E-state index in [-0.39, 0.29) is 5.91 Å². The van der Waals surface area contributed by atoms with Crippen molar-refractivity contribution in [2.24, 2.45) is 0 Å². The monoisotopic (exact) mass is 367 g/mol. The first-order valence-electron chi connectivity index (χ1n) is 8.81. The van der Waals surface area contributed by atoms with E-state index in [0.29, 0.717) is 17.1 Å². The molecule has 0 saturated carbocycles. The molecule has 3 rings (SSSR count). The maximum absolute atomic E-state index is 12.1. The summed E-state index contributed by atoms with van der Waals surface area (Å²) in [4.78, 5) is 17.2. The molecule has 1 aromatic rings. The first kappa shape index (κ1) is 18.1. The van der Waals surface area contributed by atoms with Crippen LogP contribution in [0.3, 0.4) is 0 Å². The molecule has 4 nitrogen and oxygen atoms in total. The van der Waals surface area contributed by atoms with E-state index in [9.17, 15) is 4.79 Å². The molecule has 132 valence electrons. The zero-order chi connectivity index (χ0) is 16.8. The Balaban J connectivity index is 1.37. The number of thioether (sulfide) groups is 1. The summed E-state index contributed by atoms with van der Waals surface area (Å²) in [5, 5.41) is 3.49. The standard InChI is InChI=1S/C18H26ClN3OS/c19-16-3-1-2-4-17(16)20-18(23)7-10-21-8-5-15(6-9-21)22-11-13-24-14-12-22/h1-4,15H,5-14H2,(H,20,23). The molecule has 1 aromatic carbocycles. The van der Waals surface area contributed by atoms with Gasteiger partial charge in [-0.1, -0.05) is 23.7 Å². The number of anilines is 1. The normalized spacial score (nSPS) is 20.9. The number of rotatable bonds is 5. The Morgan fingerprint density at radius 3 is 2.58 bits per heavy atom. The minimum absolute atomic E-state index is 0.0401. The summed E-state index contributed by atoms with van der Waals surface area (Å²) in [7, 11) is 0. The lowest BCUT2D eigenvalue weighted by atomic mass is 10.0. The minimum atomic E-state index is 0.0401. The highest BCUT2D eigenvalue weighted by Gasteiger charge is 2.25. The van der Waals surface area contributed by atoms with Crippen molar-refractivity contribution in [3.63, 3.8) is 0 Å². The molecule has 2 fully saturated rings. The van der Waals surface area contributed by atoms with Crippen LogP contribution in [-0.2, 0) is 4.79 Å². The molecule has 2 aliphatic rings. The molecule has 2 heterocycles. The molecular weight excluding hydrogens is 342 g/mol. The molecular formula is C18H26ClN3OS. The van der Waals surface area contributed by atoms with E-state index in [2.05, 4.69) is 26.9 Å². The van der Waals surface area contributed by atoms with Crippen LogP contribution in [0.5, 0.6) is 0 Å². The van der Waals surface area contributed by atoms with Gasteiger partial charge in [0.15, 0.2) is 0 Å². The highest BCUT2D eigenvalue weighted by molar-refractivity contribution is 7.99. The Bertz CT molecular complexity index is 543.